The van der Waals surface area contributed by atoms with Crippen LogP contribution < -0.4 is 4.90 Å². The lowest BCUT2D eigenvalue weighted by Gasteiger charge is -2.29. The standard InChI is InChI=1S/C50H33NO/c1-2-14-37-32-39(27-26-34(37)12-1)38-16-9-17-41(33-38)51(48-24-7-5-19-45(48)44-22-10-15-35-13-3-4-18-42(35)44)40-30-28-36(29-31-40)43-21-11-23-47-46-20-6-8-25-49(46)52-50(43)47/h1-33H. The smallest absolute Gasteiger partial charge is 0.143 e. The topological polar surface area (TPSA) is 16.4 Å². The first-order valence-corrected chi connectivity index (χ1v) is 17.8. The van der Waals surface area contributed by atoms with Crippen LogP contribution in [0, 0.1) is 0 Å². The summed E-state index contributed by atoms with van der Waals surface area (Å²) in [6, 6.07) is 71.8. The van der Waals surface area contributed by atoms with Gasteiger partial charge in [-0.2, -0.15) is 0 Å². The van der Waals surface area contributed by atoms with Gasteiger partial charge in [0.25, 0.3) is 0 Å². The highest BCUT2D eigenvalue weighted by atomic mass is 16.3. The largest absolute Gasteiger partial charge is 0.455 e. The van der Waals surface area contributed by atoms with E-state index in [2.05, 4.69) is 193 Å². The van der Waals surface area contributed by atoms with Gasteiger partial charge in [0.2, 0.25) is 0 Å². The van der Waals surface area contributed by atoms with E-state index < -0.39 is 0 Å². The molecular formula is C50H33NO. The third-order valence-electron chi connectivity index (χ3n) is 10.3. The number of para-hydroxylation sites is 3. The van der Waals surface area contributed by atoms with E-state index in [0.29, 0.717) is 0 Å². The molecule has 0 saturated heterocycles. The average molecular weight is 664 g/mol. The fourth-order valence-electron chi connectivity index (χ4n) is 7.74. The Morgan fingerprint density at radius 2 is 0.942 bits per heavy atom. The summed E-state index contributed by atoms with van der Waals surface area (Å²) in [6.45, 7) is 0. The molecule has 1 aromatic heterocycles. The molecule has 0 aliphatic carbocycles. The summed E-state index contributed by atoms with van der Waals surface area (Å²) >= 11 is 0. The van der Waals surface area contributed by atoms with E-state index in [1.165, 1.54) is 43.8 Å². The highest BCUT2D eigenvalue weighted by molar-refractivity contribution is 6.09. The number of fused-ring (bicyclic) bond motifs is 5. The summed E-state index contributed by atoms with van der Waals surface area (Å²) in [6.07, 6.45) is 0. The first-order chi connectivity index (χ1) is 25.8. The second kappa shape index (κ2) is 12.5. The number of hydrogen-bond acceptors (Lipinski definition) is 2. The molecule has 0 fully saturated rings. The normalized spacial score (nSPS) is 11.5. The van der Waals surface area contributed by atoms with Crippen molar-refractivity contribution in [2.24, 2.45) is 0 Å². The molecule has 0 radical (unpaired) electrons. The number of rotatable bonds is 6. The molecule has 0 amide bonds. The van der Waals surface area contributed by atoms with E-state index in [1.54, 1.807) is 0 Å². The highest BCUT2D eigenvalue weighted by Crippen LogP contribution is 2.44. The van der Waals surface area contributed by atoms with Crippen LogP contribution in [0.3, 0.4) is 0 Å². The molecule has 244 valence electrons. The zero-order valence-corrected chi connectivity index (χ0v) is 28.4. The number of nitrogens with zero attached hydrogens (tertiary/aromatic N) is 1. The number of benzene rings is 9. The SMILES string of the molecule is c1cc(-c2ccc3ccccc3c2)cc(N(c2ccc(-c3cccc4c3oc3ccccc34)cc2)c2ccccc2-c2cccc3ccccc23)c1. The molecule has 0 bridgehead atoms. The van der Waals surface area contributed by atoms with Gasteiger partial charge in [-0.15, -0.1) is 0 Å². The van der Waals surface area contributed by atoms with E-state index in [-0.39, 0.29) is 0 Å². The maximum atomic E-state index is 6.43. The van der Waals surface area contributed by atoms with Crippen LogP contribution in [-0.4, -0.2) is 0 Å². The summed E-state index contributed by atoms with van der Waals surface area (Å²) in [5.41, 5.74) is 12.0. The van der Waals surface area contributed by atoms with Crippen LogP contribution in [-0.2, 0) is 0 Å². The summed E-state index contributed by atoms with van der Waals surface area (Å²) in [5.74, 6) is 0. The van der Waals surface area contributed by atoms with Gasteiger partial charge in [0.15, 0.2) is 0 Å². The average Bonchev–Trinajstić information content (AvgIpc) is 3.60. The van der Waals surface area contributed by atoms with Gasteiger partial charge in [0, 0.05) is 33.3 Å². The van der Waals surface area contributed by atoms with Crippen molar-refractivity contribution in [3.05, 3.63) is 200 Å². The molecule has 10 rings (SSSR count). The van der Waals surface area contributed by atoms with Crippen molar-refractivity contribution in [3.8, 4) is 33.4 Å². The lowest BCUT2D eigenvalue weighted by Crippen LogP contribution is -2.11. The Morgan fingerprint density at radius 1 is 0.327 bits per heavy atom. The molecule has 0 atom stereocenters. The lowest BCUT2D eigenvalue weighted by molar-refractivity contribution is 0.670. The van der Waals surface area contributed by atoms with E-state index in [0.717, 1.165) is 50.1 Å². The Labute approximate surface area is 302 Å². The van der Waals surface area contributed by atoms with Gasteiger partial charge < -0.3 is 9.32 Å². The van der Waals surface area contributed by atoms with Crippen molar-refractivity contribution in [2.75, 3.05) is 4.90 Å². The summed E-state index contributed by atoms with van der Waals surface area (Å²) in [5, 5.41) is 7.21. The minimum atomic E-state index is 0.907. The molecule has 1 heterocycles. The Kier molecular flexibility index (Phi) is 7.18. The molecular weight excluding hydrogens is 631 g/mol. The van der Waals surface area contributed by atoms with Gasteiger partial charge in [0.05, 0.1) is 5.69 Å². The molecule has 10 aromatic rings. The van der Waals surface area contributed by atoms with Crippen molar-refractivity contribution in [1.82, 2.24) is 0 Å². The zero-order chi connectivity index (χ0) is 34.4. The monoisotopic (exact) mass is 663 g/mol. The Hall–Kier alpha value is -6.90. The molecule has 52 heavy (non-hydrogen) atoms. The van der Waals surface area contributed by atoms with Gasteiger partial charge in [0.1, 0.15) is 11.2 Å². The molecule has 0 aliphatic rings. The van der Waals surface area contributed by atoms with Crippen LogP contribution in [0.2, 0.25) is 0 Å². The van der Waals surface area contributed by atoms with Crippen molar-refractivity contribution in [2.45, 2.75) is 0 Å². The second-order valence-electron chi connectivity index (χ2n) is 13.3. The number of hydrogen-bond donors (Lipinski definition) is 0. The Bertz CT molecular complexity index is 2910. The number of anilines is 3. The zero-order valence-electron chi connectivity index (χ0n) is 28.4. The number of furan rings is 1. The molecule has 9 aromatic carbocycles. The first-order valence-electron chi connectivity index (χ1n) is 17.8. The molecule has 0 saturated carbocycles. The van der Waals surface area contributed by atoms with Crippen LogP contribution in [0.4, 0.5) is 17.1 Å². The van der Waals surface area contributed by atoms with Crippen molar-refractivity contribution < 1.29 is 4.42 Å². The van der Waals surface area contributed by atoms with Crippen molar-refractivity contribution >= 4 is 60.5 Å². The van der Waals surface area contributed by atoms with E-state index >= 15 is 0 Å². The Balaban J connectivity index is 1.14. The fourth-order valence-corrected chi connectivity index (χ4v) is 7.74. The molecule has 2 heteroatoms. The molecule has 2 nitrogen and oxygen atoms in total. The minimum Gasteiger partial charge on any atom is -0.455 e. The predicted molar refractivity (Wildman–Crippen MR) is 220 cm³/mol. The molecule has 0 aliphatic heterocycles. The third-order valence-corrected chi connectivity index (χ3v) is 10.3. The van der Waals surface area contributed by atoms with Crippen molar-refractivity contribution in [3.63, 3.8) is 0 Å². The fraction of sp³-hybridized carbons (Fsp3) is 0. The van der Waals surface area contributed by atoms with Crippen LogP contribution in [0.1, 0.15) is 0 Å². The van der Waals surface area contributed by atoms with Gasteiger partial charge >= 0.3 is 0 Å². The summed E-state index contributed by atoms with van der Waals surface area (Å²) in [4.78, 5) is 2.40. The highest BCUT2D eigenvalue weighted by Gasteiger charge is 2.20. The van der Waals surface area contributed by atoms with E-state index in [4.69, 9.17) is 4.42 Å². The summed E-state index contributed by atoms with van der Waals surface area (Å²) < 4.78 is 6.43. The van der Waals surface area contributed by atoms with Crippen LogP contribution >= 0.6 is 0 Å². The molecule has 0 N–H and O–H groups in total. The van der Waals surface area contributed by atoms with Gasteiger partial charge in [-0.25, -0.2) is 0 Å². The van der Waals surface area contributed by atoms with Crippen LogP contribution in [0.5, 0.6) is 0 Å². The van der Waals surface area contributed by atoms with Gasteiger partial charge in [-0.1, -0.05) is 158 Å². The first kappa shape index (κ1) is 30.0. The third kappa shape index (κ3) is 5.12. The van der Waals surface area contributed by atoms with E-state index in [9.17, 15) is 0 Å². The maximum absolute atomic E-state index is 6.43. The summed E-state index contributed by atoms with van der Waals surface area (Å²) in [7, 11) is 0. The van der Waals surface area contributed by atoms with Crippen molar-refractivity contribution in [1.29, 1.82) is 0 Å². The lowest BCUT2D eigenvalue weighted by atomic mass is 9.95. The van der Waals surface area contributed by atoms with Crippen LogP contribution in [0.25, 0.3) is 76.9 Å². The predicted octanol–water partition coefficient (Wildman–Crippen LogP) is 14.4. The second-order valence-corrected chi connectivity index (χ2v) is 13.3. The minimum absolute atomic E-state index is 0.907. The van der Waals surface area contributed by atoms with E-state index in [1.807, 2.05) is 12.1 Å². The maximum Gasteiger partial charge on any atom is 0.143 e. The Morgan fingerprint density at radius 3 is 1.85 bits per heavy atom. The quantitative estimate of drug-likeness (QED) is 0.176. The molecule has 0 spiro atoms. The van der Waals surface area contributed by atoms with Gasteiger partial charge in [-0.3, -0.25) is 0 Å². The van der Waals surface area contributed by atoms with Gasteiger partial charge in [-0.05, 0) is 86.3 Å². The molecule has 0 unspecified atom stereocenters. The van der Waals surface area contributed by atoms with Crippen LogP contribution in [0.15, 0.2) is 205 Å².